The van der Waals surface area contributed by atoms with E-state index in [4.69, 9.17) is 0 Å². The van der Waals surface area contributed by atoms with E-state index in [-0.39, 0.29) is 0 Å². The summed E-state index contributed by atoms with van der Waals surface area (Å²) >= 11 is 2.08. The molecule has 2 N–H and O–H groups in total. The van der Waals surface area contributed by atoms with Gasteiger partial charge in [0.05, 0.1) is 0 Å². The van der Waals surface area contributed by atoms with Crippen molar-refractivity contribution in [3.05, 3.63) is 18.2 Å². The first kappa shape index (κ1) is 10.1. The van der Waals surface area contributed by atoms with Gasteiger partial charge in [0, 0.05) is 25.4 Å². The third-order valence-corrected chi connectivity index (χ3v) is 3.78. The van der Waals surface area contributed by atoms with Crippen LogP contribution in [0.25, 0.3) is 0 Å². The highest BCUT2D eigenvalue weighted by atomic mass is 32.2. The van der Waals surface area contributed by atoms with Crippen LogP contribution < -0.4 is 5.32 Å². The van der Waals surface area contributed by atoms with Crippen LogP contribution in [0.15, 0.2) is 12.4 Å². The van der Waals surface area contributed by atoms with Crippen molar-refractivity contribution < 1.29 is 0 Å². The molecule has 0 saturated carbocycles. The molecule has 14 heavy (non-hydrogen) atoms. The fourth-order valence-corrected chi connectivity index (χ4v) is 2.98. The molecule has 1 fully saturated rings. The van der Waals surface area contributed by atoms with Crippen LogP contribution in [0, 0.1) is 5.92 Å². The first-order valence-electron chi connectivity index (χ1n) is 5.22. The Morgan fingerprint density at radius 2 is 2.64 bits per heavy atom. The largest absolute Gasteiger partial charge is 0.349 e. The van der Waals surface area contributed by atoms with E-state index in [2.05, 4.69) is 27.0 Å². The molecule has 0 aliphatic carbocycles. The maximum absolute atomic E-state index is 4.19. The maximum atomic E-state index is 4.19. The normalized spacial score (nSPS) is 21.6. The van der Waals surface area contributed by atoms with E-state index in [9.17, 15) is 0 Å². The van der Waals surface area contributed by atoms with E-state index >= 15 is 0 Å². The minimum Gasteiger partial charge on any atom is -0.349 e. The molecule has 1 unspecified atom stereocenters. The number of rotatable bonds is 5. The predicted molar refractivity (Wildman–Crippen MR) is 60.6 cm³/mol. The van der Waals surface area contributed by atoms with Crippen LogP contribution in [0.2, 0.25) is 0 Å². The van der Waals surface area contributed by atoms with Gasteiger partial charge in [0.15, 0.2) is 0 Å². The monoisotopic (exact) mass is 211 g/mol. The van der Waals surface area contributed by atoms with Gasteiger partial charge in [0.1, 0.15) is 5.82 Å². The zero-order valence-corrected chi connectivity index (χ0v) is 9.15. The molecule has 1 aliphatic heterocycles. The molecule has 1 aromatic heterocycles. The molecule has 0 amide bonds. The summed E-state index contributed by atoms with van der Waals surface area (Å²) < 4.78 is 0. The molecule has 2 rings (SSSR count). The molecule has 3 nitrogen and oxygen atoms in total. The quantitative estimate of drug-likeness (QED) is 0.721. The van der Waals surface area contributed by atoms with Gasteiger partial charge in [-0.2, -0.15) is 11.8 Å². The fourth-order valence-electron chi connectivity index (χ4n) is 1.69. The number of hydrogen-bond acceptors (Lipinski definition) is 3. The molecule has 0 radical (unpaired) electrons. The second-order valence-corrected chi connectivity index (χ2v) is 4.87. The number of H-pyrrole nitrogens is 1. The second-order valence-electron chi connectivity index (χ2n) is 3.72. The van der Waals surface area contributed by atoms with Crippen molar-refractivity contribution in [3.63, 3.8) is 0 Å². The van der Waals surface area contributed by atoms with E-state index in [1.54, 1.807) is 0 Å². The molecule has 1 aromatic rings. The van der Waals surface area contributed by atoms with Crippen LogP contribution in [0.4, 0.5) is 0 Å². The molecule has 1 saturated heterocycles. The maximum Gasteiger partial charge on any atom is 0.107 e. The van der Waals surface area contributed by atoms with Gasteiger partial charge < -0.3 is 10.3 Å². The lowest BCUT2D eigenvalue weighted by molar-refractivity contribution is 0.523. The molecule has 4 heteroatoms. The molecule has 1 atom stereocenters. The Labute approximate surface area is 89.1 Å². The highest BCUT2D eigenvalue weighted by molar-refractivity contribution is 7.99. The van der Waals surface area contributed by atoms with Crippen molar-refractivity contribution in [1.82, 2.24) is 15.3 Å². The molecule has 78 valence electrons. The van der Waals surface area contributed by atoms with Crippen LogP contribution >= 0.6 is 11.8 Å². The summed E-state index contributed by atoms with van der Waals surface area (Å²) in [4.78, 5) is 7.30. The minimum absolute atomic E-state index is 0.900. The van der Waals surface area contributed by atoms with E-state index in [1.807, 2.05) is 12.4 Å². The van der Waals surface area contributed by atoms with Crippen LogP contribution in [0.5, 0.6) is 0 Å². The third kappa shape index (κ3) is 3.03. The summed E-state index contributed by atoms with van der Waals surface area (Å²) in [5.41, 5.74) is 0. The summed E-state index contributed by atoms with van der Waals surface area (Å²) in [5.74, 6) is 4.67. The number of aromatic nitrogens is 2. The van der Waals surface area contributed by atoms with Gasteiger partial charge in [0.2, 0.25) is 0 Å². The van der Waals surface area contributed by atoms with Crippen LogP contribution in [0.3, 0.4) is 0 Å². The average molecular weight is 211 g/mol. The zero-order valence-electron chi connectivity index (χ0n) is 8.33. The van der Waals surface area contributed by atoms with Gasteiger partial charge in [-0.1, -0.05) is 0 Å². The summed E-state index contributed by atoms with van der Waals surface area (Å²) in [5, 5.41) is 3.49. The Kier molecular flexibility index (Phi) is 3.89. The lowest BCUT2D eigenvalue weighted by atomic mass is 10.1. The smallest absolute Gasteiger partial charge is 0.107 e. The van der Waals surface area contributed by atoms with Crippen molar-refractivity contribution in [2.75, 3.05) is 24.6 Å². The molecule has 0 spiro atoms. The van der Waals surface area contributed by atoms with Crippen LogP contribution in [-0.4, -0.2) is 34.6 Å². The number of nitrogens with zero attached hydrogens (tertiary/aromatic N) is 1. The van der Waals surface area contributed by atoms with Gasteiger partial charge >= 0.3 is 0 Å². The second kappa shape index (κ2) is 5.41. The standard InChI is InChI=1S/C10H17N3S/c1(10-12-4-5-13-10)3-11-7-9-2-6-14-8-9/h4-5,9,11H,1-3,6-8H2,(H,12,13). The first-order valence-corrected chi connectivity index (χ1v) is 6.37. The highest BCUT2D eigenvalue weighted by Gasteiger charge is 2.14. The lowest BCUT2D eigenvalue weighted by Gasteiger charge is -2.08. The van der Waals surface area contributed by atoms with Crippen LogP contribution in [0.1, 0.15) is 12.2 Å². The minimum atomic E-state index is 0.900. The Morgan fingerprint density at radius 3 is 3.36 bits per heavy atom. The van der Waals surface area contributed by atoms with Crippen molar-refractivity contribution >= 4 is 11.8 Å². The molecule has 1 aliphatic rings. The molecule has 2 heterocycles. The Morgan fingerprint density at radius 1 is 1.64 bits per heavy atom. The summed E-state index contributed by atoms with van der Waals surface area (Å²) in [7, 11) is 0. The number of imidazole rings is 1. The van der Waals surface area contributed by atoms with Crippen molar-refractivity contribution in [2.24, 2.45) is 5.92 Å². The number of aromatic amines is 1. The van der Waals surface area contributed by atoms with Crippen LogP contribution in [-0.2, 0) is 6.42 Å². The van der Waals surface area contributed by atoms with E-state index < -0.39 is 0 Å². The van der Waals surface area contributed by atoms with E-state index in [1.165, 1.54) is 24.5 Å². The Bertz CT molecular complexity index is 242. The van der Waals surface area contributed by atoms with E-state index in [0.29, 0.717) is 0 Å². The SMILES string of the molecule is c1c[nH]c(CCNCC2CCSC2)n1. The molecule has 0 bridgehead atoms. The summed E-state index contributed by atoms with van der Waals surface area (Å²) in [6, 6.07) is 0. The Hall–Kier alpha value is -0.480. The van der Waals surface area contributed by atoms with Gasteiger partial charge in [-0.25, -0.2) is 4.98 Å². The summed E-state index contributed by atoms with van der Waals surface area (Å²) in [6.07, 6.45) is 6.08. The Balaban J connectivity index is 1.55. The number of thioether (sulfide) groups is 1. The summed E-state index contributed by atoms with van der Waals surface area (Å²) in [6.45, 7) is 2.21. The topological polar surface area (TPSA) is 40.7 Å². The average Bonchev–Trinajstić information content (AvgIpc) is 2.86. The molecular formula is C10H17N3S. The number of hydrogen-bond donors (Lipinski definition) is 2. The third-order valence-electron chi connectivity index (χ3n) is 2.55. The lowest BCUT2D eigenvalue weighted by Crippen LogP contribution is -2.25. The van der Waals surface area contributed by atoms with Crippen molar-refractivity contribution in [1.29, 1.82) is 0 Å². The molecular weight excluding hydrogens is 194 g/mol. The highest BCUT2D eigenvalue weighted by Crippen LogP contribution is 2.22. The van der Waals surface area contributed by atoms with Crippen molar-refractivity contribution in [3.8, 4) is 0 Å². The first-order chi connectivity index (χ1) is 6.95. The van der Waals surface area contributed by atoms with Gasteiger partial charge in [-0.05, 0) is 30.4 Å². The van der Waals surface area contributed by atoms with Gasteiger partial charge in [-0.15, -0.1) is 0 Å². The fraction of sp³-hybridized carbons (Fsp3) is 0.700. The van der Waals surface area contributed by atoms with E-state index in [0.717, 1.165) is 24.7 Å². The van der Waals surface area contributed by atoms with Crippen molar-refractivity contribution in [2.45, 2.75) is 12.8 Å². The van der Waals surface area contributed by atoms with Gasteiger partial charge in [-0.3, -0.25) is 0 Å². The zero-order chi connectivity index (χ0) is 9.64. The van der Waals surface area contributed by atoms with Gasteiger partial charge in [0.25, 0.3) is 0 Å². The predicted octanol–water partition coefficient (Wildman–Crippen LogP) is 1.29. The number of nitrogens with one attached hydrogen (secondary N) is 2. The molecule has 0 aromatic carbocycles.